The molecule has 22 heavy (non-hydrogen) atoms. The number of thioether (sulfide) groups is 1. The Balaban J connectivity index is 2.02. The second-order valence-corrected chi connectivity index (χ2v) is 7.71. The lowest BCUT2D eigenvalue weighted by atomic mass is 9.92. The summed E-state index contributed by atoms with van der Waals surface area (Å²) in [6.45, 7) is 7.20. The molecule has 0 unspecified atom stereocenters. The number of hydrogen-bond acceptors (Lipinski definition) is 2. The van der Waals surface area contributed by atoms with Crippen LogP contribution in [0.3, 0.4) is 0 Å². The van der Waals surface area contributed by atoms with Crippen molar-refractivity contribution in [2.24, 2.45) is 0 Å². The summed E-state index contributed by atoms with van der Waals surface area (Å²) < 4.78 is 2.51. The van der Waals surface area contributed by atoms with Crippen LogP contribution in [0.2, 0.25) is 0 Å². The largest absolute Gasteiger partial charge is 0.374 e. The van der Waals surface area contributed by atoms with Gasteiger partial charge >= 0.3 is 0 Å². The van der Waals surface area contributed by atoms with Gasteiger partial charge in [-0.3, -0.25) is 0 Å². The molecule has 3 rings (SSSR count). The number of likely N-dealkylation sites (tertiary alicyclic amines) is 1. The molecule has 0 aliphatic carbocycles. The standard InChI is InChI=1S/C19H27N2S/c1-19(2)15-17(20-12-8-5-9-13-20)14-18(22-3)21(19)16-10-6-4-7-11-16/h4,6-7,10-11,14H,5,8-9,12-13,15H2,1-3H3/q+1. The molecule has 0 saturated carbocycles. The minimum atomic E-state index is 0.112. The Bertz CT molecular complexity index is 581. The van der Waals surface area contributed by atoms with Crippen molar-refractivity contribution in [3.05, 3.63) is 42.1 Å². The zero-order valence-electron chi connectivity index (χ0n) is 14.0. The lowest BCUT2D eigenvalue weighted by Crippen LogP contribution is -2.43. The van der Waals surface area contributed by atoms with Crippen LogP contribution in [-0.4, -0.2) is 39.4 Å². The lowest BCUT2D eigenvalue weighted by Gasteiger charge is -2.36. The third-order valence-electron chi connectivity index (χ3n) is 4.72. The van der Waals surface area contributed by atoms with E-state index in [0.29, 0.717) is 0 Å². The first-order chi connectivity index (χ1) is 10.6. The fourth-order valence-electron chi connectivity index (χ4n) is 3.67. The number of rotatable bonds is 2. The summed E-state index contributed by atoms with van der Waals surface area (Å²) in [4.78, 5) is 2.61. The molecule has 118 valence electrons. The van der Waals surface area contributed by atoms with Crippen LogP contribution in [0.25, 0.3) is 0 Å². The van der Waals surface area contributed by atoms with E-state index in [1.807, 2.05) is 11.8 Å². The maximum atomic E-state index is 2.61. The van der Waals surface area contributed by atoms with Crippen molar-refractivity contribution >= 4 is 22.5 Å². The highest BCUT2D eigenvalue weighted by atomic mass is 32.2. The summed E-state index contributed by atoms with van der Waals surface area (Å²) >= 11 is 1.86. The quantitative estimate of drug-likeness (QED) is 0.733. The van der Waals surface area contributed by atoms with E-state index >= 15 is 0 Å². The van der Waals surface area contributed by atoms with Gasteiger partial charge in [-0.15, -0.1) is 0 Å². The van der Waals surface area contributed by atoms with E-state index in [9.17, 15) is 0 Å². The highest BCUT2D eigenvalue weighted by Crippen LogP contribution is 2.35. The molecular formula is C19H27N2S+. The first kappa shape index (κ1) is 15.7. The van der Waals surface area contributed by atoms with E-state index in [-0.39, 0.29) is 5.54 Å². The van der Waals surface area contributed by atoms with Crippen molar-refractivity contribution in [3.8, 4) is 0 Å². The SMILES string of the molecule is CSC1=[N+](c2ccccc2)C(C)(C)CC(N2CCCCC2)=C1. The molecule has 1 fully saturated rings. The van der Waals surface area contributed by atoms with E-state index in [4.69, 9.17) is 0 Å². The molecule has 1 aromatic carbocycles. The zero-order chi connectivity index (χ0) is 15.6. The Morgan fingerprint density at radius 2 is 1.73 bits per heavy atom. The van der Waals surface area contributed by atoms with E-state index in [1.54, 1.807) is 0 Å². The minimum absolute atomic E-state index is 0.112. The van der Waals surface area contributed by atoms with Crippen LogP contribution in [0.5, 0.6) is 0 Å². The molecule has 1 aromatic rings. The van der Waals surface area contributed by atoms with Crippen LogP contribution >= 0.6 is 11.8 Å². The first-order valence-electron chi connectivity index (χ1n) is 8.33. The average molecular weight is 316 g/mol. The molecule has 0 N–H and O–H groups in total. The van der Waals surface area contributed by atoms with Gasteiger partial charge in [0.1, 0.15) is 0 Å². The molecule has 0 radical (unpaired) electrons. The van der Waals surface area contributed by atoms with Gasteiger partial charge in [0.05, 0.1) is 6.42 Å². The van der Waals surface area contributed by atoms with E-state index < -0.39 is 0 Å². The monoisotopic (exact) mass is 315 g/mol. The summed E-state index contributed by atoms with van der Waals surface area (Å²) in [6.07, 6.45) is 9.81. The molecule has 2 nitrogen and oxygen atoms in total. The number of hydrogen-bond donors (Lipinski definition) is 0. The molecule has 0 bridgehead atoms. The van der Waals surface area contributed by atoms with Crippen LogP contribution in [0.4, 0.5) is 5.69 Å². The molecule has 0 amide bonds. The lowest BCUT2D eigenvalue weighted by molar-refractivity contribution is -0.523. The molecule has 0 aromatic heterocycles. The summed E-state index contributed by atoms with van der Waals surface area (Å²) in [5.74, 6) is 0. The normalized spacial score (nSPS) is 21.8. The van der Waals surface area contributed by atoms with Crippen LogP contribution < -0.4 is 0 Å². The van der Waals surface area contributed by atoms with Crippen molar-refractivity contribution in [1.29, 1.82) is 0 Å². The van der Waals surface area contributed by atoms with Gasteiger partial charge in [0.2, 0.25) is 10.7 Å². The summed E-state index contributed by atoms with van der Waals surface area (Å²) in [7, 11) is 0. The third kappa shape index (κ3) is 3.10. The number of nitrogens with zero attached hydrogens (tertiary/aromatic N) is 2. The van der Waals surface area contributed by atoms with Gasteiger partial charge < -0.3 is 4.90 Å². The smallest absolute Gasteiger partial charge is 0.242 e. The topological polar surface area (TPSA) is 6.25 Å². The fourth-order valence-corrected chi connectivity index (χ4v) is 4.46. The molecule has 2 aliphatic heterocycles. The van der Waals surface area contributed by atoms with Crippen molar-refractivity contribution in [1.82, 2.24) is 4.90 Å². The van der Waals surface area contributed by atoms with E-state index in [1.165, 1.54) is 48.8 Å². The Morgan fingerprint density at radius 3 is 2.36 bits per heavy atom. The predicted octanol–water partition coefficient (Wildman–Crippen LogP) is 4.64. The van der Waals surface area contributed by atoms with Gasteiger partial charge in [-0.25, -0.2) is 0 Å². The van der Waals surface area contributed by atoms with Crippen molar-refractivity contribution in [3.63, 3.8) is 0 Å². The Hall–Kier alpha value is -1.22. The van der Waals surface area contributed by atoms with Gasteiger partial charge in [0.15, 0.2) is 5.54 Å². The molecule has 3 heteroatoms. The maximum Gasteiger partial charge on any atom is 0.242 e. The van der Waals surface area contributed by atoms with Gasteiger partial charge in [-0.2, -0.15) is 4.58 Å². The molecule has 2 heterocycles. The molecule has 0 spiro atoms. The van der Waals surface area contributed by atoms with Gasteiger partial charge in [-0.05, 0) is 25.5 Å². The minimum Gasteiger partial charge on any atom is -0.374 e. The average Bonchev–Trinajstić information content (AvgIpc) is 2.54. The van der Waals surface area contributed by atoms with Gasteiger partial charge in [-0.1, -0.05) is 30.0 Å². The van der Waals surface area contributed by atoms with Crippen LogP contribution in [0.1, 0.15) is 39.5 Å². The number of piperidine rings is 1. The van der Waals surface area contributed by atoms with Crippen molar-refractivity contribution in [2.75, 3.05) is 19.3 Å². The summed E-state index contributed by atoms with van der Waals surface area (Å²) in [6, 6.07) is 10.8. The van der Waals surface area contributed by atoms with Crippen LogP contribution in [0, 0.1) is 0 Å². The first-order valence-corrected chi connectivity index (χ1v) is 9.56. The number of benzene rings is 1. The van der Waals surface area contributed by atoms with Crippen LogP contribution in [0.15, 0.2) is 42.1 Å². The van der Waals surface area contributed by atoms with Crippen LogP contribution in [-0.2, 0) is 0 Å². The van der Waals surface area contributed by atoms with Gasteiger partial charge in [0, 0.05) is 50.8 Å². The maximum absolute atomic E-state index is 2.61. The summed E-state index contributed by atoms with van der Waals surface area (Å²) in [5, 5.41) is 1.36. The van der Waals surface area contributed by atoms with Crippen molar-refractivity contribution < 1.29 is 4.58 Å². The molecule has 1 saturated heterocycles. The summed E-state index contributed by atoms with van der Waals surface area (Å²) in [5.41, 5.74) is 2.94. The molecule has 2 aliphatic rings. The Morgan fingerprint density at radius 1 is 1.05 bits per heavy atom. The Kier molecular flexibility index (Phi) is 4.62. The zero-order valence-corrected chi connectivity index (χ0v) is 14.8. The van der Waals surface area contributed by atoms with Gasteiger partial charge in [0.25, 0.3) is 0 Å². The highest BCUT2D eigenvalue weighted by Gasteiger charge is 2.40. The molecule has 0 atom stereocenters. The Labute approximate surface area is 138 Å². The second-order valence-electron chi connectivity index (χ2n) is 6.89. The second kappa shape index (κ2) is 6.49. The third-order valence-corrected chi connectivity index (χ3v) is 5.43. The molecular weight excluding hydrogens is 288 g/mol. The van der Waals surface area contributed by atoms with Crippen molar-refractivity contribution in [2.45, 2.75) is 45.1 Å². The predicted molar refractivity (Wildman–Crippen MR) is 97.1 cm³/mol. The van der Waals surface area contributed by atoms with E-state index in [2.05, 4.69) is 66.0 Å². The van der Waals surface area contributed by atoms with E-state index in [0.717, 1.165) is 6.42 Å². The highest BCUT2D eigenvalue weighted by molar-refractivity contribution is 8.13. The number of para-hydroxylation sites is 1. The fraction of sp³-hybridized carbons (Fsp3) is 0.526.